The van der Waals surface area contributed by atoms with Gasteiger partial charge in [-0.2, -0.15) is 0 Å². The molecule has 0 bridgehead atoms. The van der Waals surface area contributed by atoms with Gasteiger partial charge in [0.1, 0.15) is 0 Å². The minimum atomic E-state index is -1.02. The summed E-state index contributed by atoms with van der Waals surface area (Å²) >= 11 is 12.9. The molecule has 25 heavy (non-hydrogen) atoms. The summed E-state index contributed by atoms with van der Waals surface area (Å²) < 4.78 is 0. The van der Waals surface area contributed by atoms with Crippen molar-refractivity contribution >= 4 is 34.9 Å². The van der Waals surface area contributed by atoms with Gasteiger partial charge in [0, 0.05) is 21.3 Å². The van der Waals surface area contributed by atoms with E-state index in [4.69, 9.17) is 23.2 Å². The quantitative estimate of drug-likeness (QED) is 0.671. The lowest BCUT2D eigenvalue weighted by Crippen LogP contribution is -2.29. The highest BCUT2D eigenvalue weighted by Gasteiger charge is 2.41. The highest BCUT2D eigenvalue weighted by atomic mass is 35.5. The fraction of sp³-hybridized carbons (Fsp3) is 0.350. The molecule has 0 amide bonds. The molecule has 1 aliphatic carbocycles. The number of anilines is 1. The van der Waals surface area contributed by atoms with E-state index in [0.717, 1.165) is 17.7 Å². The van der Waals surface area contributed by atoms with E-state index in [1.807, 2.05) is 0 Å². The molecule has 0 radical (unpaired) electrons. The Balaban J connectivity index is 1.81. The molecule has 0 saturated heterocycles. The first-order valence-corrected chi connectivity index (χ1v) is 9.30. The molecule has 1 aliphatic heterocycles. The van der Waals surface area contributed by atoms with Gasteiger partial charge in [-0.1, -0.05) is 47.3 Å². The van der Waals surface area contributed by atoms with Crippen LogP contribution in [0.3, 0.4) is 0 Å². The fourth-order valence-corrected chi connectivity index (χ4v) is 5.18. The summed E-state index contributed by atoms with van der Waals surface area (Å²) in [5.41, 5.74) is 4.72. The zero-order valence-electron chi connectivity index (χ0n) is 13.9. The molecule has 1 heterocycles. The summed E-state index contributed by atoms with van der Waals surface area (Å²) in [7, 11) is 0. The predicted octanol–water partition coefficient (Wildman–Crippen LogP) is 6.05. The van der Waals surface area contributed by atoms with Crippen LogP contribution in [0.4, 0.5) is 5.69 Å². The van der Waals surface area contributed by atoms with Gasteiger partial charge in [0.05, 0.1) is 11.6 Å². The maximum absolute atomic E-state index is 11.2. The summed E-state index contributed by atoms with van der Waals surface area (Å²) in [5.74, 6) is -0.112. The predicted molar refractivity (Wildman–Crippen MR) is 101 cm³/mol. The van der Waals surface area contributed by atoms with Crippen molar-refractivity contribution < 1.29 is 9.90 Å². The smallest absolute Gasteiger partial charge is 0.335 e. The van der Waals surface area contributed by atoms with Crippen LogP contribution in [0.2, 0.25) is 10.0 Å². The number of carboxylic acids is 1. The standard InChI is InChI=1S/C20H19Cl2NO2/c1-10-5-6-17-14(7-10)12-3-2-4-13(12)19(23-17)18-15(21)8-11(20(24)25)9-16(18)22/h5-9,12-13,19,23H,2-4H2,1H3,(H,24,25)/t12-,13+,19-/m1/s1. The van der Waals surface area contributed by atoms with Crippen molar-refractivity contribution in [3.63, 3.8) is 0 Å². The Morgan fingerprint density at radius 1 is 1.16 bits per heavy atom. The van der Waals surface area contributed by atoms with Crippen molar-refractivity contribution in [3.8, 4) is 0 Å². The van der Waals surface area contributed by atoms with Crippen molar-refractivity contribution in [2.75, 3.05) is 5.32 Å². The van der Waals surface area contributed by atoms with Crippen LogP contribution in [0.15, 0.2) is 30.3 Å². The van der Waals surface area contributed by atoms with E-state index in [-0.39, 0.29) is 11.6 Å². The van der Waals surface area contributed by atoms with Crippen LogP contribution in [-0.2, 0) is 0 Å². The van der Waals surface area contributed by atoms with Crippen molar-refractivity contribution in [1.82, 2.24) is 0 Å². The van der Waals surface area contributed by atoms with E-state index in [1.165, 1.54) is 36.1 Å². The van der Waals surface area contributed by atoms with Gasteiger partial charge in [0.15, 0.2) is 0 Å². The number of rotatable bonds is 2. The molecule has 0 aromatic heterocycles. The molecular formula is C20H19Cl2NO2. The normalized spacial score (nSPS) is 24.4. The molecule has 3 atom stereocenters. The van der Waals surface area contributed by atoms with E-state index in [0.29, 0.717) is 21.9 Å². The van der Waals surface area contributed by atoms with Crippen LogP contribution < -0.4 is 5.32 Å². The van der Waals surface area contributed by atoms with Crippen molar-refractivity contribution in [1.29, 1.82) is 0 Å². The third-order valence-electron chi connectivity index (χ3n) is 5.55. The monoisotopic (exact) mass is 375 g/mol. The summed E-state index contributed by atoms with van der Waals surface area (Å²) in [6.45, 7) is 2.12. The molecule has 2 aliphatic rings. The van der Waals surface area contributed by atoms with Crippen molar-refractivity contribution in [3.05, 3.63) is 62.6 Å². The highest BCUT2D eigenvalue weighted by molar-refractivity contribution is 6.36. The Bertz CT molecular complexity index is 842. The molecule has 5 heteroatoms. The molecule has 1 fully saturated rings. The number of hydrogen-bond donors (Lipinski definition) is 2. The SMILES string of the molecule is Cc1ccc2c(c1)[C@@H]1CCC[C@@H]1[C@H](c1c(Cl)cc(C(=O)O)cc1Cl)N2. The number of halogens is 2. The summed E-state index contributed by atoms with van der Waals surface area (Å²) in [4.78, 5) is 11.2. The van der Waals surface area contributed by atoms with Crippen molar-refractivity contribution in [2.24, 2.45) is 5.92 Å². The average molecular weight is 376 g/mol. The number of carbonyl (C=O) groups is 1. The summed E-state index contributed by atoms with van der Waals surface area (Å²) in [6.07, 6.45) is 3.47. The van der Waals surface area contributed by atoms with Crippen LogP contribution >= 0.6 is 23.2 Å². The Labute approximate surface area is 157 Å². The van der Waals surface area contributed by atoms with E-state index < -0.39 is 5.97 Å². The minimum absolute atomic E-state index is 0.00514. The van der Waals surface area contributed by atoms with Gasteiger partial charge in [-0.15, -0.1) is 0 Å². The molecule has 2 aromatic rings. The Morgan fingerprint density at radius 3 is 2.56 bits per heavy atom. The van der Waals surface area contributed by atoms with Gasteiger partial charge in [-0.3, -0.25) is 0 Å². The fourth-order valence-electron chi connectivity index (χ4n) is 4.46. The van der Waals surface area contributed by atoms with Gasteiger partial charge < -0.3 is 10.4 Å². The number of carboxylic acid groups (broad SMARTS) is 1. The third-order valence-corrected chi connectivity index (χ3v) is 6.18. The lowest BCUT2D eigenvalue weighted by molar-refractivity contribution is 0.0697. The molecular weight excluding hydrogens is 357 g/mol. The number of hydrogen-bond acceptors (Lipinski definition) is 2. The Hall–Kier alpha value is -1.71. The number of aryl methyl sites for hydroxylation is 1. The lowest BCUT2D eigenvalue weighted by Gasteiger charge is -2.38. The molecule has 4 rings (SSSR count). The van der Waals surface area contributed by atoms with Crippen LogP contribution in [0.25, 0.3) is 0 Å². The van der Waals surface area contributed by atoms with Crippen LogP contribution in [0.1, 0.15) is 58.3 Å². The van der Waals surface area contributed by atoms with E-state index >= 15 is 0 Å². The second-order valence-electron chi connectivity index (χ2n) is 7.07. The minimum Gasteiger partial charge on any atom is -0.478 e. The number of benzene rings is 2. The first kappa shape index (κ1) is 16.7. The summed E-state index contributed by atoms with van der Waals surface area (Å²) in [6, 6.07) is 9.51. The highest BCUT2D eigenvalue weighted by Crippen LogP contribution is 2.54. The summed E-state index contributed by atoms with van der Waals surface area (Å²) in [5, 5.41) is 13.7. The van der Waals surface area contributed by atoms with Crippen LogP contribution in [0, 0.1) is 12.8 Å². The second kappa shape index (κ2) is 6.22. The molecule has 2 aromatic carbocycles. The number of nitrogens with one attached hydrogen (secondary N) is 1. The number of aromatic carboxylic acids is 1. The number of fused-ring (bicyclic) bond motifs is 3. The Kier molecular flexibility index (Phi) is 4.17. The van der Waals surface area contributed by atoms with E-state index in [1.54, 1.807) is 0 Å². The van der Waals surface area contributed by atoms with E-state index in [2.05, 4.69) is 30.4 Å². The zero-order chi connectivity index (χ0) is 17.7. The van der Waals surface area contributed by atoms with Crippen molar-refractivity contribution in [2.45, 2.75) is 38.1 Å². The van der Waals surface area contributed by atoms with Gasteiger partial charge in [0.2, 0.25) is 0 Å². The second-order valence-corrected chi connectivity index (χ2v) is 7.89. The maximum Gasteiger partial charge on any atom is 0.335 e. The molecule has 0 spiro atoms. The topological polar surface area (TPSA) is 49.3 Å². The van der Waals surface area contributed by atoms with Gasteiger partial charge >= 0.3 is 5.97 Å². The largest absolute Gasteiger partial charge is 0.478 e. The third kappa shape index (κ3) is 2.80. The average Bonchev–Trinajstić information content (AvgIpc) is 3.04. The van der Waals surface area contributed by atoms with Gasteiger partial charge in [0.25, 0.3) is 0 Å². The Morgan fingerprint density at radius 2 is 1.88 bits per heavy atom. The molecule has 130 valence electrons. The van der Waals surface area contributed by atoms with Crippen LogP contribution in [-0.4, -0.2) is 11.1 Å². The van der Waals surface area contributed by atoms with E-state index in [9.17, 15) is 9.90 Å². The molecule has 1 saturated carbocycles. The first-order chi connectivity index (χ1) is 12.0. The lowest BCUT2D eigenvalue weighted by atomic mass is 9.77. The molecule has 3 nitrogen and oxygen atoms in total. The zero-order valence-corrected chi connectivity index (χ0v) is 15.4. The molecule has 2 N–H and O–H groups in total. The van der Waals surface area contributed by atoms with Gasteiger partial charge in [-0.05, 0) is 55.4 Å². The maximum atomic E-state index is 11.2. The van der Waals surface area contributed by atoms with Crippen LogP contribution in [0.5, 0.6) is 0 Å². The van der Waals surface area contributed by atoms with Gasteiger partial charge in [-0.25, -0.2) is 4.79 Å². The molecule has 0 unspecified atom stereocenters. The first-order valence-electron chi connectivity index (χ1n) is 8.55.